The van der Waals surface area contributed by atoms with Crippen LogP contribution in [0.3, 0.4) is 0 Å². The molecule has 1 aliphatic rings. The number of rotatable bonds is 1. The predicted octanol–water partition coefficient (Wildman–Crippen LogP) is 0.867. The van der Waals surface area contributed by atoms with E-state index in [2.05, 4.69) is 30.8 Å². The third-order valence-corrected chi connectivity index (χ3v) is 3.99. The molecule has 1 fully saturated rings. The van der Waals surface area contributed by atoms with E-state index in [-0.39, 0.29) is 11.4 Å². The lowest BCUT2D eigenvalue weighted by Gasteiger charge is -2.42. The number of nitrogens with two attached hydrogens (primary N) is 1. The van der Waals surface area contributed by atoms with E-state index in [9.17, 15) is 4.79 Å². The van der Waals surface area contributed by atoms with Gasteiger partial charge in [0.05, 0.1) is 11.4 Å². The lowest BCUT2D eigenvalue weighted by Crippen LogP contribution is -2.54. The second-order valence-electron chi connectivity index (χ2n) is 6.42. The Hall–Kier alpha value is -1.56. The Morgan fingerprint density at radius 2 is 1.75 bits per heavy atom. The van der Waals surface area contributed by atoms with Crippen LogP contribution < -0.4 is 5.73 Å². The third-order valence-electron chi connectivity index (χ3n) is 3.99. The fraction of sp³-hybridized carbons (Fsp3) is 0.714. The second kappa shape index (κ2) is 5.09. The highest BCUT2D eigenvalue weighted by Gasteiger charge is 2.30. The fourth-order valence-corrected chi connectivity index (χ4v) is 2.66. The van der Waals surface area contributed by atoms with Gasteiger partial charge in [0.15, 0.2) is 0 Å². The standard InChI is InChI=1S/C14H25N5O/c1-10-11(15)12(17(5)16-10)13(20)18-6-8-19(9-7-18)14(2,3)4/h6-9,15H2,1-5H3. The molecule has 112 valence electrons. The number of piperazine rings is 1. The van der Waals surface area contributed by atoms with E-state index < -0.39 is 0 Å². The molecule has 0 saturated carbocycles. The molecule has 0 aromatic carbocycles. The van der Waals surface area contributed by atoms with E-state index in [0.717, 1.165) is 26.2 Å². The summed E-state index contributed by atoms with van der Waals surface area (Å²) in [6.07, 6.45) is 0. The Kier molecular flexibility index (Phi) is 3.77. The summed E-state index contributed by atoms with van der Waals surface area (Å²) in [7, 11) is 1.77. The Bertz CT molecular complexity index is 506. The van der Waals surface area contributed by atoms with Gasteiger partial charge in [0, 0.05) is 38.8 Å². The SMILES string of the molecule is Cc1nn(C)c(C(=O)N2CCN(C(C)(C)C)CC2)c1N. The number of carbonyl (C=O) groups is 1. The maximum absolute atomic E-state index is 12.6. The van der Waals surface area contributed by atoms with Crippen molar-refractivity contribution in [2.75, 3.05) is 31.9 Å². The Morgan fingerprint density at radius 3 is 2.15 bits per heavy atom. The molecule has 0 spiro atoms. The summed E-state index contributed by atoms with van der Waals surface area (Å²) in [5.74, 6) is -0.0147. The molecule has 0 aliphatic carbocycles. The first-order valence-electron chi connectivity index (χ1n) is 7.05. The molecule has 0 radical (unpaired) electrons. The van der Waals surface area contributed by atoms with Crippen molar-refractivity contribution in [3.63, 3.8) is 0 Å². The zero-order chi connectivity index (χ0) is 15.1. The first-order valence-corrected chi connectivity index (χ1v) is 7.05. The average Bonchev–Trinajstić information content (AvgIpc) is 2.62. The molecular formula is C14H25N5O. The van der Waals surface area contributed by atoms with Crippen molar-refractivity contribution in [3.8, 4) is 0 Å². The van der Waals surface area contributed by atoms with Crippen LogP contribution in [0, 0.1) is 6.92 Å². The first kappa shape index (κ1) is 14.8. The van der Waals surface area contributed by atoms with Crippen molar-refractivity contribution in [2.24, 2.45) is 7.05 Å². The topological polar surface area (TPSA) is 67.4 Å². The number of carbonyl (C=O) groups excluding carboxylic acids is 1. The molecule has 0 unspecified atom stereocenters. The molecule has 0 atom stereocenters. The monoisotopic (exact) mass is 279 g/mol. The van der Waals surface area contributed by atoms with Gasteiger partial charge in [0.1, 0.15) is 5.69 Å². The largest absolute Gasteiger partial charge is 0.395 e. The van der Waals surface area contributed by atoms with Crippen molar-refractivity contribution >= 4 is 11.6 Å². The number of nitrogen functional groups attached to an aromatic ring is 1. The van der Waals surface area contributed by atoms with Crippen LogP contribution >= 0.6 is 0 Å². The van der Waals surface area contributed by atoms with Gasteiger partial charge in [-0.2, -0.15) is 5.10 Å². The number of aryl methyl sites for hydroxylation is 2. The van der Waals surface area contributed by atoms with Crippen LogP contribution in [0.2, 0.25) is 0 Å². The number of nitrogens with zero attached hydrogens (tertiary/aromatic N) is 4. The van der Waals surface area contributed by atoms with Crippen molar-refractivity contribution < 1.29 is 4.79 Å². The minimum absolute atomic E-state index is 0.0147. The van der Waals surface area contributed by atoms with Gasteiger partial charge in [-0.05, 0) is 27.7 Å². The quantitative estimate of drug-likeness (QED) is 0.828. The maximum atomic E-state index is 12.6. The van der Waals surface area contributed by atoms with Crippen LogP contribution in [0.1, 0.15) is 37.0 Å². The molecule has 1 saturated heterocycles. The van der Waals surface area contributed by atoms with Gasteiger partial charge in [-0.25, -0.2) is 0 Å². The van der Waals surface area contributed by atoms with Gasteiger partial charge in [0.25, 0.3) is 5.91 Å². The first-order chi connectivity index (χ1) is 9.21. The molecule has 20 heavy (non-hydrogen) atoms. The van der Waals surface area contributed by atoms with E-state index in [1.807, 2.05) is 11.8 Å². The highest BCUT2D eigenvalue weighted by Crippen LogP contribution is 2.20. The molecule has 2 heterocycles. The Morgan fingerprint density at radius 1 is 1.20 bits per heavy atom. The van der Waals surface area contributed by atoms with E-state index in [1.54, 1.807) is 11.7 Å². The summed E-state index contributed by atoms with van der Waals surface area (Å²) in [6.45, 7) is 11.7. The molecule has 2 N–H and O–H groups in total. The van der Waals surface area contributed by atoms with Gasteiger partial charge in [0.2, 0.25) is 0 Å². The predicted molar refractivity (Wildman–Crippen MR) is 79.6 cm³/mol. The average molecular weight is 279 g/mol. The summed E-state index contributed by atoms with van der Waals surface area (Å²) in [5.41, 5.74) is 7.83. The van der Waals surface area contributed by atoms with Crippen LogP contribution in [0.4, 0.5) is 5.69 Å². The zero-order valence-electron chi connectivity index (χ0n) is 13.1. The number of anilines is 1. The Labute approximate surface area is 120 Å². The minimum Gasteiger partial charge on any atom is -0.395 e. The summed E-state index contributed by atoms with van der Waals surface area (Å²) < 4.78 is 1.59. The summed E-state index contributed by atoms with van der Waals surface area (Å²) in [6, 6.07) is 0. The molecule has 6 nitrogen and oxygen atoms in total. The molecule has 1 aromatic heterocycles. The molecular weight excluding hydrogens is 254 g/mol. The van der Waals surface area contributed by atoms with E-state index in [1.165, 1.54) is 0 Å². The molecule has 1 aromatic rings. The molecule has 6 heteroatoms. The van der Waals surface area contributed by atoms with Gasteiger partial charge in [-0.3, -0.25) is 14.4 Å². The van der Waals surface area contributed by atoms with E-state index in [4.69, 9.17) is 5.73 Å². The lowest BCUT2D eigenvalue weighted by atomic mass is 10.0. The number of hydrogen-bond acceptors (Lipinski definition) is 4. The molecule has 0 bridgehead atoms. The van der Waals surface area contributed by atoms with Crippen molar-refractivity contribution in [2.45, 2.75) is 33.2 Å². The minimum atomic E-state index is -0.0147. The number of hydrogen-bond donors (Lipinski definition) is 1. The molecule has 1 aliphatic heterocycles. The van der Waals surface area contributed by atoms with Gasteiger partial charge in [-0.1, -0.05) is 0 Å². The second-order valence-corrected chi connectivity index (χ2v) is 6.42. The van der Waals surface area contributed by atoms with Crippen LogP contribution in [-0.4, -0.2) is 57.2 Å². The van der Waals surface area contributed by atoms with Gasteiger partial charge in [-0.15, -0.1) is 0 Å². The molecule has 1 amide bonds. The number of aromatic nitrogens is 2. The summed E-state index contributed by atoms with van der Waals surface area (Å²) in [5, 5.41) is 4.21. The normalized spacial score (nSPS) is 17.6. The van der Waals surface area contributed by atoms with Crippen LogP contribution in [0.15, 0.2) is 0 Å². The van der Waals surface area contributed by atoms with Crippen LogP contribution in [0.25, 0.3) is 0 Å². The van der Waals surface area contributed by atoms with Gasteiger partial charge >= 0.3 is 0 Å². The lowest BCUT2D eigenvalue weighted by molar-refractivity contribution is 0.0444. The van der Waals surface area contributed by atoms with Crippen molar-refractivity contribution in [1.82, 2.24) is 19.6 Å². The zero-order valence-corrected chi connectivity index (χ0v) is 13.1. The highest BCUT2D eigenvalue weighted by atomic mass is 16.2. The summed E-state index contributed by atoms with van der Waals surface area (Å²) in [4.78, 5) is 16.8. The van der Waals surface area contributed by atoms with Crippen molar-refractivity contribution in [1.29, 1.82) is 0 Å². The third kappa shape index (κ3) is 2.65. The smallest absolute Gasteiger partial charge is 0.274 e. The summed E-state index contributed by atoms with van der Waals surface area (Å²) >= 11 is 0. The van der Waals surface area contributed by atoms with Crippen LogP contribution in [0.5, 0.6) is 0 Å². The maximum Gasteiger partial charge on any atom is 0.274 e. The fourth-order valence-electron chi connectivity index (χ4n) is 2.66. The number of amides is 1. The van der Waals surface area contributed by atoms with Crippen LogP contribution in [-0.2, 0) is 7.05 Å². The van der Waals surface area contributed by atoms with E-state index >= 15 is 0 Å². The molecule has 2 rings (SSSR count). The highest BCUT2D eigenvalue weighted by molar-refractivity contribution is 5.98. The van der Waals surface area contributed by atoms with E-state index in [0.29, 0.717) is 17.1 Å². The Balaban J connectivity index is 2.09. The van der Waals surface area contributed by atoms with Gasteiger partial charge < -0.3 is 10.6 Å². The van der Waals surface area contributed by atoms with Crippen molar-refractivity contribution in [3.05, 3.63) is 11.4 Å².